The Morgan fingerprint density at radius 3 is 2.56 bits per heavy atom. The number of rotatable bonds is 5. The number of hydrogen-bond donors (Lipinski definition) is 0. The first-order valence-electron chi connectivity index (χ1n) is 5.69. The Labute approximate surface area is 104 Å². The number of hydrogen-bond acceptors (Lipinski definition) is 3. The number of carbonyl (C=O) groups is 1. The van der Waals surface area contributed by atoms with Gasteiger partial charge < -0.3 is 9.47 Å². The van der Waals surface area contributed by atoms with Gasteiger partial charge in [0.25, 0.3) is 0 Å². The normalized spacial score (nSPS) is 21.8. The van der Waals surface area contributed by atoms with Gasteiger partial charge in [-0.05, 0) is 24.1 Å². The van der Waals surface area contributed by atoms with Crippen LogP contribution < -0.4 is 4.74 Å². The third-order valence-corrected chi connectivity index (χ3v) is 3.01. The molecule has 2 unspecified atom stereocenters. The summed E-state index contributed by atoms with van der Waals surface area (Å²) in [5, 5.41) is 0. The molecule has 1 fully saturated rings. The monoisotopic (exact) mass is 256 g/mol. The molecule has 0 saturated heterocycles. The van der Waals surface area contributed by atoms with Crippen LogP contribution in [0.5, 0.6) is 5.75 Å². The Morgan fingerprint density at radius 2 is 2.06 bits per heavy atom. The molecule has 0 aliphatic heterocycles. The lowest BCUT2D eigenvalue weighted by atomic mass is 10.2. The van der Waals surface area contributed by atoms with Crippen molar-refractivity contribution < 1.29 is 23.0 Å². The van der Waals surface area contributed by atoms with Crippen molar-refractivity contribution in [2.45, 2.75) is 19.5 Å². The van der Waals surface area contributed by atoms with Gasteiger partial charge in [-0.15, -0.1) is 0 Å². The van der Waals surface area contributed by atoms with Crippen molar-refractivity contribution in [3.63, 3.8) is 0 Å². The standard InChI is InChI=1S/C13H14F2O3/c1-17-9-4-2-8(3-5-9)7-18-13(16)11-6-10(11)12(14)15/h2-5,10-12H,6-7H2,1H3. The summed E-state index contributed by atoms with van der Waals surface area (Å²) in [6.07, 6.45) is -2.19. The summed E-state index contributed by atoms with van der Waals surface area (Å²) >= 11 is 0. The van der Waals surface area contributed by atoms with Crippen LogP contribution >= 0.6 is 0 Å². The zero-order chi connectivity index (χ0) is 13.1. The fourth-order valence-electron chi connectivity index (χ4n) is 1.75. The molecule has 0 radical (unpaired) electrons. The van der Waals surface area contributed by atoms with Gasteiger partial charge in [0.1, 0.15) is 12.4 Å². The molecule has 1 saturated carbocycles. The summed E-state index contributed by atoms with van der Waals surface area (Å²) in [5.41, 5.74) is 0.804. The van der Waals surface area contributed by atoms with E-state index in [9.17, 15) is 13.6 Å². The van der Waals surface area contributed by atoms with E-state index in [4.69, 9.17) is 9.47 Å². The van der Waals surface area contributed by atoms with Gasteiger partial charge >= 0.3 is 5.97 Å². The van der Waals surface area contributed by atoms with E-state index in [-0.39, 0.29) is 13.0 Å². The number of carbonyl (C=O) groups excluding carboxylic acids is 1. The first-order chi connectivity index (χ1) is 8.61. The molecular formula is C13H14F2O3. The van der Waals surface area contributed by atoms with Gasteiger partial charge in [-0.2, -0.15) is 0 Å². The SMILES string of the molecule is COc1ccc(COC(=O)C2CC2C(F)F)cc1. The van der Waals surface area contributed by atoms with Crippen molar-refractivity contribution >= 4 is 5.97 Å². The van der Waals surface area contributed by atoms with Gasteiger partial charge in [-0.3, -0.25) is 4.79 Å². The van der Waals surface area contributed by atoms with E-state index in [1.165, 1.54) is 0 Å². The molecule has 5 heteroatoms. The Kier molecular flexibility index (Phi) is 3.79. The molecule has 2 atom stereocenters. The lowest BCUT2D eigenvalue weighted by Crippen LogP contribution is -2.10. The van der Waals surface area contributed by atoms with Gasteiger partial charge in [0, 0.05) is 5.92 Å². The van der Waals surface area contributed by atoms with Crippen LogP contribution in [0.25, 0.3) is 0 Å². The van der Waals surface area contributed by atoms with Crippen LogP contribution in [0, 0.1) is 11.8 Å². The van der Waals surface area contributed by atoms with Gasteiger partial charge in [0.15, 0.2) is 0 Å². The maximum absolute atomic E-state index is 12.3. The Balaban J connectivity index is 1.79. The van der Waals surface area contributed by atoms with Crippen molar-refractivity contribution in [1.29, 1.82) is 0 Å². The average molecular weight is 256 g/mol. The molecule has 0 spiro atoms. The minimum atomic E-state index is -2.43. The van der Waals surface area contributed by atoms with Crippen molar-refractivity contribution in [2.75, 3.05) is 7.11 Å². The zero-order valence-corrected chi connectivity index (χ0v) is 9.94. The first-order valence-corrected chi connectivity index (χ1v) is 5.69. The van der Waals surface area contributed by atoms with Crippen LogP contribution in [0.3, 0.4) is 0 Å². The maximum atomic E-state index is 12.3. The molecule has 1 aromatic carbocycles. The molecule has 0 amide bonds. The van der Waals surface area contributed by atoms with E-state index in [1.807, 2.05) is 0 Å². The first kappa shape index (κ1) is 12.8. The fourth-order valence-corrected chi connectivity index (χ4v) is 1.75. The van der Waals surface area contributed by atoms with E-state index in [0.717, 1.165) is 5.56 Å². The third kappa shape index (κ3) is 2.97. The second-order valence-electron chi connectivity index (χ2n) is 4.30. The molecule has 3 nitrogen and oxygen atoms in total. The largest absolute Gasteiger partial charge is 0.497 e. The number of benzene rings is 1. The molecular weight excluding hydrogens is 242 g/mol. The number of ether oxygens (including phenoxy) is 2. The minimum Gasteiger partial charge on any atom is -0.497 e. The minimum absolute atomic E-state index is 0.106. The summed E-state index contributed by atoms with van der Waals surface area (Å²) in [7, 11) is 1.56. The van der Waals surface area contributed by atoms with E-state index in [2.05, 4.69) is 0 Å². The van der Waals surface area contributed by atoms with E-state index in [0.29, 0.717) is 5.75 Å². The highest BCUT2D eigenvalue weighted by molar-refractivity contribution is 5.75. The second-order valence-corrected chi connectivity index (χ2v) is 4.30. The molecule has 1 aromatic rings. The second kappa shape index (κ2) is 5.33. The summed E-state index contributed by atoms with van der Waals surface area (Å²) in [5.74, 6) is -1.25. The van der Waals surface area contributed by atoms with Gasteiger partial charge in [0.05, 0.1) is 13.0 Å². The topological polar surface area (TPSA) is 35.5 Å². The van der Waals surface area contributed by atoms with Crippen LogP contribution in [0.1, 0.15) is 12.0 Å². The molecule has 0 bridgehead atoms. The quantitative estimate of drug-likeness (QED) is 0.760. The number of halogens is 2. The lowest BCUT2D eigenvalue weighted by Gasteiger charge is -2.05. The number of methoxy groups -OCH3 is 1. The molecule has 1 aliphatic carbocycles. The van der Waals surface area contributed by atoms with Gasteiger partial charge in [-0.25, -0.2) is 8.78 Å². The van der Waals surface area contributed by atoms with Crippen molar-refractivity contribution in [2.24, 2.45) is 11.8 Å². The van der Waals surface area contributed by atoms with E-state index >= 15 is 0 Å². The van der Waals surface area contributed by atoms with Gasteiger partial charge in [-0.1, -0.05) is 12.1 Å². The average Bonchev–Trinajstić information content (AvgIpc) is 3.17. The van der Waals surface area contributed by atoms with Crippen molar-refractivity contribution in [3.05, 3.63) is 29.8 Å². The fraction of sp³-hybridized carbons (Fsp3) is 0.462. The van der Waals surface area contributed by atoms with Crippen LogP contribution in [0.2, 0.25) is 0 Å². The molecule has 2 rings (SSSR count). The Bertz CT molecular complexity index is 417. The lowest BCUT2D eigenvalue weighted by molar-refractivity contribution is -0.147. The summed E-state index contributed by atoms with van der Waals surface area (Å²) in [6, 6.07) is 7.04. The van der Waals surface area contributed by atoms with Crippen LogP contribution in [0.4, 0.5) is 8.78 Å². The van der Waals surface area contributed by atoms with E-state index in [1.54, 1.807) is 31.4 Å². The summed E-state index contributed by atoms with van der Waals surface area (Å²) in [4.78, 5) is 11.4. The van der Waals surface area contributed by atoms with Crippen LogP contribution in [0.15, 0.2) is 24.3 Å². The third-order valence-electron chi connectivity index (χ3n) is 3.01. The van der Waals surface area contributed by atoms with Crippen LogP contribution in [-0.4, -0.2) is 19.5 Å². The molecule has 0 N–H and O–H groups in total. The maximum Gasteiger partial charge on any atom is 0.309 e. The van der Waals surface area contributed by atoms with Gasteiger partial charge in [0.2, 0.25) is 6.43 Å². The molecule has 98 valence electrons. The summed E-state index contributed by atoms with van der Waals surface area (Å²) in [6.45, 7) is 0.106. The molecule has 1 aliphatic rings. The molecule has 0 heterocycles. The highest BCUT2D eigenvalue weighted by Crippen LogP contribution is 2.43. The number of esters is 1. The van der Waals surface area contributed by atoms with E-state index < -0.39 is 24.2 Å². The molecule has 18 heavy (non-hydrogen) atoms. The highest BCUT2D eigenvalue weighted by Gasteiger charge is 2.49. The number of alkyl halides is 2. The Hall–Kier alpha value is -1.65. The van der Waals surface area contributed by atoms with Crippen molar-refractivity contribution in [3.8, 4) is 5.75 Å². The smallest absolute Gasteiger partial charge is 0.309 e. The zero-order valence-electron chi connectivity index (χ0n) is 9.94. The highest BCUT2D eigenvalue weighted by atomic mass is 19.3. The predicted molar refractivity (Wildman–Crippen MR) is 60.4 cm³/mol. The van der Waals surface area contributed by atoms with Crippen molar-refractivity contribution in [1.82, 2.24) is 0 Å². The molecule has 0 aromatic heterocycles. The predicted octanol–water partition coefficient (Wildman–Crippen LogP) is 2.64. The summed E-state index contributed by atoms with van der Waals surface area (Å²) < 4.78 is 34.5. The van der Waals surface area contributed by atoms with Crippen LogP contribution in [-0.2, 0) is 16.1 Å². The Morgan fingerprint density at radius 1 is 1.39 bits per heavy atom.